The van der Waals surface area contributed by atoms with Crippen LogP contribution in [0.4, 0.5) is 5.69 Å². The molecule has 2 N–H and O–H groups in total. The van der Waals surface area contributed by atoms with Gasteiger partial charge in [-0.05, 0) is 19.0 Å². The fraction of sp³-hybridized carbons (Fsp3) is 0.400. The fourth-order valence-corrected chi connectivity index (χ4v) is 3.92. The Morgan fingerprint density at radius 3 is 2.79 bits per heavy atom. The molecule has 1 aromatic carbocycles. The Morgan fingerprint density at radius 1 is 1.47 bits per heavy atom. The van der Waals surface area contributed by atoms with Crippen LogP contribution in [0.3, 0.4) is 0 Å². The van der Waals surface area contributed by atoms with Crippen molar-refractivity contribution in [1.29, 1.82) is 0 Å². The first-order valence-electron chi connectivity index (χ1n) is 5.58. The summed E-state index contributed by atoms with van der Waals surface area (Å²) in [5.41, 5.74) is -0.522. The molecule has 1 aliphatic heterocycles. The van der Waals surface area contributed by atoms with Crippen molar-refractivity contribution in [2.24, 2.45) is 0 Å². The smallest absolute Gasteiger partial charge is 0.290 e. The third kappa shape index (κ3) is 3.03. The maximum absolute atomic E-state index is 12.2. The number of hydrogen-bond donors (Lipinski definition) is 2. The van der Waals surface area contributed by atoms with Gasteiger partial charge in [-0.3, -0.25) is 10.1 Å². The van der Waals surface area contributed by atoms with E-state index in [1.165, 1.54) is 12.1 Å². The molecular weight excluding hydrogens is 294 g/mol. The standard InChI is InChI=1S/C10H12ClN3O4S/c11-8-2-1-3-9(14(15)16)10(8)19(17,18)13-7-4-5-12-6-7/h1-3,7,12-13H,4-6H2. The van der Waals surface area contributed by atoms with Crippen molar-refractivity contribution in [3.05, 3.63) is 33.3 Å². The third-order valence-electron chi connectivity index (χ3n) is 2.79. The van der Waals surface area contributed by atoms with Gasteiger partial charge < -0.3 is 5.32 Å². The molecule has 0 spiro atoms. The summed E-state index contributed by atoms with van der Waals surface area (Å²) in [4.78, 5) is 9.67. The van der Waals surface area contributed by atoms with Crippen LogP contribution >= 0.6 is 11.6 Å². The van der Waals surface area contributed by atoms with E-state index in [4.69, 9.17) is 11.6 Å². The van der Waals surface area contributed by atoms with Gasteiger partial charge in [0, 0.05) is 18.7 Å². The molecule has 9 heteroatoms. The van der Waals surface area contributed by atoms with Gasteiger partial charge in [0.15, 0.2) is 4.90 Å². The monoisotopic (exact) mass is 305 g/mol. The first-order chi connectivity index (χ1) is 8.92. The summed E-state index contributed by atoms with van der Waals surface area (Å²) in [6.45, 7) is 1.20. The Balaban J connectivity index is 2.41. The van der Waals surface area contributed by atoms with Crippen LogP contribution in [0.15, 0.2) is 23.1 Å². The maximum Gasteiger partial charge on any atom is 0.290 e. The predicted molar refractivity (Wildman–Crippen MR) is 69.7 cm³/mol. The van der Waals surface area contributed by atoms with Crippen molar-refractivity contribution in [2.75, 3.05) is 13.1 Å². The van der Waals surface area contributed by atoms with Gasteiger partial charge in [0.25, 0.3) is 5.69 Å². The van der Waals surface area contributed by atoms with E-state index in [1.807, 2.05) is 0 Å². The summed E-state index contributed by atoms with van der Waals surface area (Å²) >= 11 is 5.80. The Labute approximate surface area is 115 Å². The van der Waals surface area contributed by atoms with E-state index in [1.54, 1.807) is 0 Å². The highest BCUT2D eigenvalue weighted by molar-refractivity contribution is 7.89. The number of benzene rings is 1. The minimum Gasteiger partial charge on any atom is -0.315 e. The average molecular weight is 306 g/mol. The quantitative estimate of drug-likeness (QED) is 0.635. The number of rotatable bonds is 4. The lowest BCUT2D eigenvalue weighted by atomic mass is 10.3. The number of hydrogen-bond acceptors (Lipinski definition) is 5. The van der Waals surface area contributed by atoms with Gasteiger partial charge in [-0.25, -0.2) is 13.1 Å². The van der Waals surface area contributed by atoms with E-state index in [0.29, 0.717) is 19.5 Å². The highest BCUT2D eigenvalue weighted by Crippen LogP contribution is 2.30. The predicted octanol–water partition coefficient (Wildman–Crippen LogP) is 0.888. The maximum atomic E-state index is 12.2. The van der Waals surface area contributed by atoms with Crippen molar-refractivity contribution in [3.63, 3.8) is 0 Å². The minimum atomic E-state index is -4.01. The summed E-state index contributed by atoms with van der Waals surface area (Å²) < 4.78 is 26.8. The van der Waals surface area contributed by atoms with Crippen LogP contribution in [0.1, 0.15) is 6.42 Å². The van der Waals surface area contributed by atoms with E-state index in [0.717, 1.165) is 6.07 Å². The fourth-order valence-electron chi connectivity index (χ4n) is 1.94. The first-order valence-corrected chi connectivity index (χ1v) is 7.44. The lowest BCUT2D eigenvalue weighted by molar-refractivity contribution is -0.387. The molecule has 0 radical (unpaired) electrons. The molecule has 1 unspecified atom stereocenters. The number of halogens is 1. The zero-order chi connectivity index (χ0) is 14.0. The molecular formula is C10H12ClN3O4S. The van der Waals surface area contributed by atoms with Crippen LogP contribution in [0, 0.1) is 10.1 Å². The number of nitrogens with one attached hydrogen (secondary N) is 2. The molecule has 1 heterocycles. The summed E-state index contributed by atoms with van der Waals surface area (Å²) in [6.07, 6.45) is 0.636. The van der Waals surface area contributed by atoms with E-state index in [9.17, 15) is 18.5 Å². The highest BCUT2D eigenvalue weighted by atomic mass is 35.5. The second-order valence-electron chi connectivity index (χ2n) is 4.16. The van der Waals surface area contributed by atoms with Crippen LogP contribution in [-0.4, -0.2) is 32.5 Å². The van der Waals surface area contributed by atoms with Crippen LogP contribution in [0.25, 0.3) is 0 Å². The first kappa shape index (κ1) is 14.2. The second-order valence-corrected chi connectivity index (χ2v) is 6.21. The number of nitrogens with zero attached hydrogens (tertiary/aromatic N) is 1. The molecule has 19 heavy (non-hydrogen) atoms. The van der Waals surface area contributed by atoms with Gasteiger partial charge >= 0.3 is 0 Å². The molecule has 0 saturated carbocycles. The molecule has 1 aliphatic rings. The van der Waals surface area contributed by atoms with Crippen LogP contribution in [-0.2, 0) is 10.0 Å². The molecule has 1 atom stereocenters. The van der Waals surface area contributed by atoms with Crippen molar-refractivity contribution >= 4 is 27.3 Å². The Bertz CT molecular complexity index is 599. The van der Waals surface area contributed by atoms with Gasteiger partial charge in [-0.2, -0.15) is 0 Å². The van der Waals surface area contributed by atoms with Gasteiger partial charge in [0.1, 0.15) is 0 Å². The minimum absolute atomic E-state index is 0.160. The molecule has 0 bridgehead atoms. The van der Waals surface area contributed by atoms with E-state index in [2.05, 4.69) is 10.0 Å². The van der Waals surface area contributed by atoms with E-state index >= 15 is 0 Å². The second kappa shape index (κ2) is 5.41. The topological polar surface area (TPSA) is 101 Å². The molecule has 0 aromatic heterocycles. The average Bonchev–Trinajstić information content (AvgIpc) is 2.80. The normalized spacial score (nSPS) is 19.5. The largest absolute Gasteiger partial charge is 0.315 e. The van der Waals surface area contributed by atoms with Crippen molar-refractivity contribution in [1.82, 2.24) is 10.0 Å². The van der Waals surface area contributed by atoms with Crippen molar-refractivity contribution in [3.8, 4) is 0 Å². The van der Waals surface area contributed by atoms with Crippen molar-refractivity contribution in [2.45, 2.75) is 17.4 Å². The SMILES string of the molecule is O=[N+]([O-])c1cccc(Cl)c1S(=O)(=O)NC1CCNC1. The molecule has 1 saturated heterocycles. The summed E-state index contributed by atoms with van der Waals surface area (Å²) in [6, 6.07) is 3.50. The van der Waals surface area contributed by atoms with E-state index < -0.39 is 25.5 Å². The van der Waals surface area contributed by atoms with Gasteiger partial charge in [-0.15, -0.1) is 0 Å². The number of nitro benzene ring substituents is 1. The van der Waals surface area contributed by atoms with Crippen LogP contribution < -0.4 is 10.0 Å². The van der Waals surface area contributed by atoms with Gasteiger partial charge in [0.2, 0.25) is 10.0 Å². The zero-order valence-electron chi connectivity index (χ0n) is 9.80. The van der Waals surface area contributed by atoms with E-state index in [-0.39, 0.29) is 11.1 Å². The summed E-state index contributed by atoms with van der Waals surface area (Å²) in [5, 5.41) is 13.7. The van der Waals surface area contributed by atoms with Crippen LogP contribution in [0.5, 0.6) is 0 Å². The third-order valence-corrected chi connectivity index (χ3v) is 4.83. The summed E-state index contributed by atoms with van der Waals surface area (Å²) in [7, 11) is -4.01. The number of nitro groups is 1. The Morgan fingerprint density at radius 2 is 2.21 bits per heavy atom. The van der Waals surface area contributed by atoms with Crippen LogP contribution in [0.2, 0.25) is 5.02 Å². The molecule has 0 aliphatic carbocycles. The Hall–Kier alpha value is -1.22. The zero-order valence-corrected chi connectivity index (χ0v) is 11.4. The lowest BCUT2D eigenvalue weighted by Crippen LogP contribution is -2.36. The molecule has 1 fully saturated rings. The van der Waals surface area contributed by atoms with Crippen molar-refractivity contribution < 1.29 is 13.3 Å². The molecule has 2 rings (SSSR count). The van der Waals surface area contributed by atoms with Gasteiger partial charge in [0.05, 0.1) is 9.95 Å². The summed E-state index contributed by atoms with van der Waals surface area (Å²) in [5.74, 6) is 0. The molecule has 104 valence electrons. The van der Waals surface area contributed by atoms with Gasteiger partial charge in [-0.1, -0.05) is 17.7 Å². The highest BCUT2D eigenvalue weighted by Gasteiger charge is 2.31. The molecule has 7 nitrogen and oxygen atoms in total. The lowest BCUT2D eigenvalue weighted by Gasteiger charge is -2.13. The Kier molecular flexibility index (Phi) is 4.04. The molecule has 0 amide bonds. The number of sulfonamides is 1. The molecule has 1 aromatic rings.